The summed E-state index contributed by atoms with van der Waals surface area (Å²) in [5.41, 5.74) is 1.67. The Morgan fingerprint density at radius 2 is 0.968 bits per heavy atom. The Balaban J connectivity index is 0.000000233. The molecule has 0 saturated heterocycles. The summed E-state index contributed by atoms with van der Waals surface area (Å²) in [4.78, 5) is 33.8. The van der Waals surface area contributed by atoms with Crippen LogP contribution in [0.1, 0.15) is 20.7 Å². The summed E-state index contributed by atoms with van der Waals surface area (Å²) in [6, 6.07) is 26.3. The van der Waals surface area contributed by atoms with Gasteiger partial charge in [-0.2, -0.15) is 0 Å². The van der Waals surface area contributed by atoms with Crippen molar-refractivity contribution in [3.8, 4) is 0 Å². The predicted molar refractivity (Wildman–Crippen MR) is 117 cm³/mol. The van der Waals surface area contributed by atoms with Crippen LogP contribution in [0.5, 0.6) is 0 Å². The van der Waals surface area contributed by atoms with Gasteiger partial charge in [-0.15, -0.1) is 0 Å². The molecule has 7 nitrogen and oxygen atoms in total. The minimum Gasteiger partial charge on any atom is -0.395 e. The Morgan fingerprint density at radius 1 is 0.613 bits per heavy atom. The molecule has 0 heterocycles. The monoisotopic (exact) mass is 423 g/mol. The fourth-order valence-corrected chi connectivity index (χ4v) is 2.57. The number of nitrogens with zero attached hydrogens (tertiary/aromatic N) is 1. The molecule has 0 aliphatic heterocycles. The van der Waals surface area contributed by atoms with Gasteiger partial charge in [0.1, 0.15) is 0 Å². The van der Waals surface area contributed by atoms with Gasteiger partial charge in [0, 0.05) is 18.8 Å². The summed E-state index contributed by atoms with van der Waals surface area (Å²) in [5.74, 6) is -1.42. The topological polar surface area (TPSA) is 96.3 Å². The van der Waals surface area contributed by atoms with E-state index in [-0.39, 0.29) is 13.2 Å². The second kappa shape index (κ2) is 13.5. The smallest absolute Gasteiger partial charge is 0.386 e. The summed E-state index contributed by atoms with van der Waals surface area (Å²) in [7, 11) is 0. The molecule has 0 saturated carbocycles. The zero-order valence-electron chi connectivity index (χ0n) is 17.0. The SMILES string of the molecule is O=C(OOC(=O)c1ccccc1)c1ccccc1.OCCN(CCO)c1ccccc1. The van der Waals surface area contributed by atoms with Gasteiger partial charge in [0.25, 0.3) is 0 Å². The normalized spacial score (nSPS) is 9.74. The molecule has 0 aliphatic rings. The molecule has 7 heteroatoms. The van der Waals surface area contributed by atoms with Crippen LogP contribution in [0.25, 0.3) is 0 Å². The van der Waals surface area contributed by atoms with Crippen LogP contribution >= 0.6 is 0 Å². The fourth-order valence-electron chi connectivity index (χ4n) is 2.57. The third kappa shape index (κ3) is 8.30. The van der Waals surface area contributed by atoms with E-state index in [1.807, 2.05) is 35.2 Å². The molecule has 31 heavy (non-hydrogen) atoms. The van der Waals surface area contributed by atoms with Crippen LogP contribution in [0.4, 0.5) is 5.69 Å². The molecule has 0 fully saturated rings. The largest absolute Gasteiger partial charge is 0.395 e. The lowest BCUT2D eigenvalue weighted by Crippen LogP contribution is -2.29. The lowest BCUT2D eigenvalue weighted by Gasteiger charge is -2.22. The van der Waals surface area contributed by atoms with E-state index in [2.05, 4.69) is 9.78 Å². The van der Waals surface area contributed by atoms with Crippen LogP contribution in [-0.2, 0) is 9.78 Å². The molecule has 3 aromatic rings. The van der Waals surface area contributed by atoms with Crippen molar-refractivity contribution < 1.29 is 29.6 Å². The van der Waals surface area contributed by atoms with E-state index in [1.54, 1.807) is 60.7 Å². The van der Waals surface area contributed by atoms with E-state index in [4.69, 9.17) is 10.2 Å². The number of aliphatic hydroxyl groups is 2. The molecule has 0 aromatic heterocycles. The molecule has 3 rings (SSSR count). The number of rotatable bonds is 7. The van der Waals surface area contributed by atoms with Gasteiger partial charge in [-0.3, -0.25) is 0 Å². The van der Waals surface area contributed by atoms with Crippen molar-refractivity contribution in [1.29, 1.82) is 0 Å². The van der Waals surface area contributed by atoms with Crippen molar-refractivity contribution in [2.24, 2.45) is 0 Å². The highest BCUT2D eigenvalue weighted by Crippen LogP contribution is 2.11. The molecule has 0 atom stereocenters. The van der Waals surface area contributed by atoms with E-state index in [9.17, 15) is 9.59 Å². The van der Waals surface area contributed by atoms with Gasteiger partial charge < -0.3 is 15.1 Å². The second-order valence-electron chi connectivity index (χ2n) is 6.24. The zero-order valence-corrected chi connectivity index (χ0v) is 17.0. The third-order valence-electron chi connectivity index (χ3n) is 4.07. The van der Waals surface area contributed by atoms with Crippen molar-refractivity contribution in [2.75, 3.05) is 31.2 Å². The first-order valence-electron chi connectivity index (χ1n) is 9.70. The lowest BCUT2D eigenvalue weighted by atomic mass is 10.2. The molecule has 0 aliphatic carbocycles. The minimum absolute atomic E-state index is 0.106. The Labute approximate surface area is 181 Å². The van der Waals surface area contributed by atoms with Crippen LogP contribution in [0, 0.1) is 0 Å². The van der Waals surface area contributed by atoms with Crippen molar-refractivity contribution in [3.05, 3.63) is 102 Å². The minimum atomic E-state index is -0.708. The number of benzene rings is 3. The number of para-hydroxylation sites is 1. The molecule has 0 amide bonds. The maximum absolute atomic E-state index is 11.5. The number of aliphatic hydroxyl groups excluding tert-OH is 2. The van der Waals surface area contributed by atoms with E-state index < -0.39 is 11.9 Å². The predicted octanol–water partition coefficient (Wildman–Crippen LogP) is 3.09. The van der Waals surface area contributed by atoms with Gasteiger partial charge in [-0.25, -0.2) is 19.4 Å². The summed E-state index contributed by atoms with van der Waals surface area (Å²) < 4.78 is 0. The maximum atomic E-state index is 11.5. The third-order valence-corrected chi connectivity index (χ3v) is 4.07. The van der Waals surface area contributed by atoms with Crippen molar-refractivity contribution in [3.63, 3.8) is 0 Å². The molecule has 3 aromatic carbocycles. The summed E-state index contributed by atoms with van der Waals surface area (Å²) >= 11 is 0. The van der Waals surface area contributed by atoms with Crippen LogP contribution in [-0.4, -0.2) is 48.5 Å². The average molecular weight is 423 g/mol. The van der Waals surface area contributed by atoms with Gasteiger partial charge in [0.15, 0.2) is 0 Å². The van der Waals surface area contributed by atoms with Crippen molar-refractivity contribution in [2.45, 2.75) is 0 Å². The summed E-state index contributed by atoms with van der Waals surface area (Å²) in [6.45, 7) is 1.33. The van der Waals surface area contributed by atoms with Gasteiger partial charge in [0.05, 0.1) is 24.3 Å². The van der Waals surface area contributed by atoms with Gasteiger partial charge in [-0.05, 0) is 36.4 Å². The van der Waals surface area contributed by atoms with E-state index in [0.29, 0.717) is 24.2 Å². The second-order valence-corrected chi connectivity index (χ2v) is 6.24. The van der Waals surface area contributed by atoms with Crippen molar-refractivity contribution >= 4 is 17.6 Å². The fraction of sp³-hybridized carbons (Fsp3) is 0.167. The summed E-state index contributed by atoms with van der Waals surface area (Å²) in [6.07, 6.45) is 0. The number of anilines is 1. The number of carbonyl (C=O) groups excluding carboxylic acids is 2. The highest BCUT2D eigenvalue weighted by Gasteiger charge is 2.13. The Hall–Kier alpha value is -3.68. The van der Waals surface area contributed by atoms with E-state index in [0.717, 1.165) is 5.69 Å². The number of hydrogen-bond donors (Lipinski definition) is 2. The molecule has 0 unspecified atom stereocenters. The zero-order chi connectivity index (χ0) is 22.3. The van der Waals surface area contributed by atoms with Crippen LogP contribution in [0.2, 0.25) is 0 Å². The standard InChI is InChI=1S/C14H10O4.C10H15NO2/c15-13(11-7-3-1-4-8-11)17-18-14(16)12-9-5-2-6-10-12;12-8-6-11(7-9-13)10-4-2-1-3-5-10/h1-10H;1-5,12-13H,6-9H2. The quantitative estimate of drug-likeness (QED) is 0.445. The molecular weight excluding hydrogens is 398 g/mol. The van der Waals surface area contributed by atoms with Crippen LogP contribution in [0.3, 0.4) is 0 Å². The van der Waals surface area contributed by atoms with Crippen LogP contribution < -0.4 is 4.90 Å². The summed E-state index contributed by atoms with van der Waals surface area (Å²) in [5, 5.41) is 17.6. The highest BCUT2D eigenvalue weighted by molar-refractivity contribution is 5.92. The molecule has 0 bridgehead atoms. The molecule has 162 valence electrons. The first-order chi connectivity index (χ1) is 15.2. The molecule has 0 spiro atoms. The maximum Gasteiger partial charge on any atom is 0.386 e. The molecule has 0 radical (unpaired) electrons. The van der Waals surface area contributed by atoms with Crippen molar-refractivity contribution in [1.82, 2.24) is 0 Å². The van der Waals surface area contributed by atoms with Gasteiger partial charge >= 0.3 is 11.9 Å². The first-order valence-corrected chi connectivity index (χ1v) is 9.70. The van der Waals surface area contributed by atoms with Gasteiger partial charge in [0.2, 0.25) is 0 Å². The first kappa shape index (κ1) is 23.6. The van der Waals surface area contributed by atoms with Crippen LogP contribution in [0.15, 0.2) is 91.0 Å². The van der Waals surface area contributed by atoms with E-state index in [1.165, 1.54) is 0 Å². The Bertz CT molecular complexity index is 846. The average Bonchev–Trinajstić information content (AvgIpc) is 2.84. The highest BCUT2D eigenvalue weighted by atomic mass is 17.2. The van der Waals surface area contributed by atoms with E-state index >= 15 is 0 Å². The molecular formula is C24H25NO6. The number of carbonyl (C=O) groups is 2. The Morgan fingerprint density at radius 3 is 1.32 bits per heavy atom. The number of hydrogen-bond acceptors (Lipinski definition) is 7. The Kier molecular flexibility index (Phi) is 10.3. The molecule has 2 N–H and O–H groups in total. The van der Waals surface area contributed by atoms with Gasteiger partial charge in [-0.1, -0.05) is 54.6 Å². The lowest BCUT2D eigenvalue weighted by molar-refractivity contribution is -0.187.